The Hall–Kier alpha value is -1.36. The van der Waals surface area contributed by atoms with Gasteiger partial charge in [0.05, 0.1) is 0 Å². The van der Waals surface area contributed by atoms with Crippen molar-refractivity contribution in [2.45, 2.75) is 45.6 Å². The van der Waals surface area contributed by atoms with E-state index in [4.69, 9.17) is 11.6 Å². The predicted octanol–water partition coefficient (Wildman–Crippen LogP) is 3.02. The van der Waals surface area contributed by atoms with Crippen LogP contribution in [0.5, 0.6) is 0 Å². The fourth-order valence-corrected chi connectivity index (χ4v) is 4.36. The average Bonchev–Trinajstić information content (AvgIpc) is 3.16. The summed E-state index contributed by atoms with van der Waals surface area (Å²) in [6, 6.07) is 0. The second-order valence-corrected chi connectivity index (χ2v) is 6.71. The highest BCUT2D eigenvalue weighted by Gasteiger charge is 2.44. The number of hydrogen-bond donors (Lipinski definition) is 0. The molecule has 111 valence electrons. The minimum absolute atomic E-state index is 0.216. The van der Waals surface area contributed by atoms with Gasteiger partial charge < -0.3 is 0 Å². The van der Waals surface area contributed by atoms with Crippen LogP contribution in [-0.4, -0.2) is 15.4 Å². The van der Waals surface area contributed by atoms with Crippen molar-refractivity contribution in [3.05, 3.63) is 15.6 Å². The Morgan fingerprint density at radius 3 is 2.86 bits per heavy atom. The maximum atomic E-state index is 12.0. The molecular formula is C15H18ClN4O. The third kappa shape index (κ3) is 2.01. The Labute approximate surface area is 128 Å². The number of aliphatic imine (C=N–C) groups is 1. The molecule has 2 heterocycles. The molecule has 0 N–H and O–H groups in total. The lowest BCUT2D eigenvalue weighted by molar-refractivity contribution is 0.411. The third-order valence-corrected chi connectivity index (χ3v) is 5.34. The smallest absolute Gasteiger partial charge is 0.299 e. The van der Waals surface area contributed by atoms with Crippen LogP contribution in [0.3, 0.4) is 0 Å². The van der Waals surface area contributed by atoms with Crippen LogP contribution in [0.2, 0.25) is 5.28 Å². The Kier molecular flexibility index (Phi) is 3.06. The lowest BCUT2D eigenvalue weighted by atomic mass is 9.88. The van der Waals surface area contributed by atoms with E-state index in [2.05, 4.69) is 22.2 Å². The van der Waals surface area contributed by atoms with E-state index < -0.39 is 0 Å². The number of hydrogen-bond acceptors (Lipinski definition) is 3. The van der Waals surface area contributed by atoms with Crippen LogP contribution in [0.4, 0.5) is 11.5 Å². The zero-order valence-corrected chi connectivity index (χ0v) is 12.8. The molecule has 21 heavy (non-hydrogen) atoms. The molecule has 0 aromatic carbocycles. The molecule has 2 fully saturated rings. The van der Waals surface area contributed by atoms with Crippen LogP contribution in [0.1, 0.15) is 39.0 Å². The summed E-state index contributed by atoms with van der Waals surface area (Å²) < 4.78 is 1.81. The molecular weight excluding hydrogens is 288 g/mol. The predicted molar refractivity (Wildman–Crippen MR) is 81.6 cm³/mol. The van der Waals surface area contributed by atoms with Gasteiger partial charge in [0, 0.05) is 12.5 Å². The van der Waals surface area contributed by atoms with Crippen LogP contribution in [0.25, 0.3) is 0 Å². The molecule has 3 aliphatic rings. The number of amidine groups is 1. The van der Waals surface area contributed by atoms with Gasteiger partial charge in [0.15, 0.2) is 11.5 Å². The molecule has 1 radical (unpaired) electrons. The molecule has 0 saturated heterocycles. The molecule has 3 unspecified atom stereocenters. The number of rotatable bonds is 3. The highest BCUT2D eigenvalue weighted by molar-refractivity contribution is 6.28. The minimum atomic E-state index is -0.357. The first-order chi connectivity index (χ1) is 10.2. The summed E-state index contributed by atoms with van der Waals surface area (Å²) in [7, 11) is 0. The van der Waals surface area contributed by atoms with Crippen LogP contribution < -0.4 is 10.9 Å². The third-order valence-electron chi connectivity index (χ3n) is 5.05. The van der Waals surface area contributed by atoms with E-state index in [-0.39, 0.29) is 10.8 Å². The summed E-state index contributed by atoms with van der Waals surface area (Å²) in [5, 5.41) is 4.75. The molecule has 6 heteroatoms. The summed E-state index contributed by atoms with van der Waals surface area (Å²) in [5.41, 5.74) is 0.0230. The molecule has 2 bridgehead atoms. The van der Waals surface area contributed by atoms with Gasteiger partial charge in [0.25, 0.3) is 0 Å². The first kappa shape index (κ1) is 13.3. The fourth-order valence-electron chi connectivity index (χ4n) is 4.12. The minimum Gasteiger partial charge on any atom is -0.299 e. The second kappa shape index (κ2) is 4.83. The van der Waals surface area contributed by atoms with Crippen LogP contribution in [0.15, 0.2) is 9.79 Å². The van der Waals surface area contributed by atoms with Crippen LogP contribution >= 0.6 is 11.6 Å². The normalized spacial score (nSPS) is 29.4. The summed E-state index contributed by atoms with van der Waals surface area (Å²) in [6.07, 6.45) is 6.00. The molecule has 2 aliphatic carbocycles. The van der Waals surface area contributed by atoms with Gasteiger partial charge in [0.1, 0.15) is 5.84 Å². The maximum Gasteiger partial charge on any atom is 0.302 e. The monoisotopic (exact) mass is 305 g/mol. The van der Waals surface area contributed by atoms with E-state index in [1.807, 2.05) is 4.57 Å². The zero-order chi connectivity index (χ0) is 14.6. The molecule has 1 aliphatic heterocycles. The van der Waals surface area contributed by atoms with Gasteiger partial charge in [-0.2, -0.15) is 4.98 Å². The van der Waals surface area contributed by atoms with Gasteiger partial charge in [-0.05, 0) is 49.1 Å². The number of nitrogens with zero attached hydrogens (tertiary/aromatic N) is 4. The molecule has 4 rings (SSSR count). The van der Waals surface area contributed by atoms with Crippen molar-refractivity contribution in [3.63, 3.8) is 0 Å². The SMILES string of the molecule is CCCn1c(Cl)nc(=O)c2c1N=C(C1CC3CCC1C3)[N]2. The van der Waals surface area contributed by atoms with Crippen molar-refractivity contribution in [1.82, 2.24) is 14.9 Å². The molecule has 1 aromatic rings. The standard InChI is InChI=1S/C15H18ClN4O/c1-2-5-20-13-11(14(21)19-15(20)16)17-12(18-13)10-7-8-3-4-9(10)6-8/h8-10H,2-7H2,1H3. The first-order valence-electron chi connectivity index (χ1n) is 7.78. The van der Waals surface area contributed by atoms with E-state index in [0.29, 0.717) is 29.9 Å². The molecule has 0 spiro atoms. The molecule has 2 saturated carbocycles. The summed E-state index contributed by atoms with van der Waals surface area (Å²) in [6.45, 7) is 2.77. The van der Waals surface area contributed by atoms with Gasteiger partial charge >= 0.3 is 5.56 Å². The summed E-state index contributed by atoms with van der Waals surface area (Å²) in [5.74, 6) is 3.40. The quantitative estimate of drug-likeness (QED) is 0.806. The van der Waals surface area contributed by atoms with Crippen molar-refractivity contribution in [1.29, 1.82) is 0 Å². The largest absolute Gasteiger partial charge is 0.302 e. The van der Waals surface area contributed by atoms with Crippen molar-refractivity contribution in [2.24, 2.45) is 22.7 Å². The van der Waals surface area contributed by atoms with E-state index in [0.717, 1.165) is 18.2 Å². The van der Waals surface area contributed by atoms with E-state index in [9.17, 15) is 4.79 Å². The van der Waals surface area contributed by atoms with Gasteiger partial charge in [-0.1, -0.05) is 13.3 Å². The van der Waals surface area contributed by atoms with E-state index in [1.165, 1.54) is 25.7 Å². The lowest BCUT2D eigenvalue weighted by Crippen LogP contribution is -2.26. The lowest BCUT2D eigenvalue weighted by Gasteiger charge is -2.20. The van der Waals surface area contributed by atoms with E-state index in [1.54, 1.807) is 0 Å². The number of fused-ring (bicyclic) bond motifs is 3. The zero-order valence-electron chi connectivity index (χ0n) is 12.0. The second-order valence-electron chi connectivity index (χ2n) is 6.37. The molecule has 3 atom stereocenters. The van der Waals surface area contributed by atoms with E-state index >= 15 is 0 Å². The van der Waals surface area contributed by atoms with Crippen molar-refractivity contribution >= 4 is 28.9 Å². The Morgan fingerprint density at radius 2 is 2.19 bits per heavy atom. The van der Waals surface area contributed by atoms with Gasteiger partial charge in [-0.25, -0.2) is 10.3 Å². The highest BCUT2D eigenvalue weighted by atomic mass is 35.5. The Balaban J connectivity index is 1.73. The molecule has 1 aromatic heterocycles. The fraction of sp³-hybridized carbons (Fsp3) is 0.667. The summed E-state index contributed by atoms with van der Waals surface area (Å²) >= 11 is 6.10. The van der Waals surface area contributed by atoms with Crippen molar-refractivity contribution < 1.29 is 0 Å². The average molecular weight is 306 g/mol. The maximum absolute atomic E-state index is 12.0. The number of aromatic nitrogens is 2. The highest BCUT2D eigenvalue weighted by Crippen LogP contribution is 2.50. The Morgan fingerprint density at radius 1 is 1.33 bits per heavy atom. The van der Waals surface area contributed by atoms with Gasteiger partial charge in [-0.3, -0.25) is 9.36 Å². The number of halogens is 1. The Bertz CT molecular complexity index is 681. The van der Waals surface area contributed by atoms with Crippen molar-refractivity contribution in [3.8, 4) is 0 Å². The van der Waals surface area contributed by atoms with Gasteiger partial charge in [0.2, 0.25) is 5.28 Å². The topological polar surface area (TPSA) is 61.4 Å². The molecule has 5 nitrogen and oxygen atoms in total. The van der Waals surface area contributed by atoms with Crippen LogP contribution in [-0.2, 0) is 6.54 Å². The summed E-state index contributed by atoms with van der Waals surface area (Å²) in [4.78, 5) is 20.6. The molecule has 0 amide bonds. The van der Waals surface area contributed by atoms with Gasteiger partial charge in [-0.15, -0.1) is 0 Å². The first-order valence-corrected chi connectivity index (χ1v) is 8.15. The van der Waals surface area contributed by atoms with Crippen molar-refractivity contribution in [2.75, 3.05) is 0 Å². The van der Waals surface area contributed by atoms with Crippen LogP contribution in [0, 0.1) is 17.8 Å².